The second-order valence-electron chi connectivity index (χ2n) is 12.7. The van der Waals surface area contributed by atoms with Crippen molar-refractivity contribution in [1.82, 2.24) is 0 Å². The summed E-state index contributed by atoms with van der Waals surface area (Å²) in [5.74, 6) is -56.8. The van der Waals surface area contributed by atoms with Crippen LogP contribution in [0.1, 0.15) is 74.6 Å². The van der Waals surface area contributed by atoms with Crippen molar-refractivity contribution in [2.75, 3.05) is 13.2 Å². The van der Waals surface area contributed by atoms with Crippen LogP contribution < -0.4 is 4.74 Å². The Morgan fingerprint density at radius 3 is 1.23 bits per heavy atom. The average molecular weight is 869 g/mol. The van der Waals surface area contributed by atoms with Crippen molar-refractivity contribution in [1.29, 1.82) is 0 Å². The molecular weight excluding hydrogens is 836 g/mol. The first kappa shape index (κ1) is 49.5. The highest BCUT2D eigenvalue weighted by molar-refractivity contribution is 5.90. The van der Waals surface area contributed by atoms with Crippen LogP contribution in [0.25, 0.3) is 11.1 Å². The number of unbranched alkanes of at least 4 members (excludes halogenated alkanes) is 8. The van der Waals surface area contributed by atoms with Crippen molar-refractivity contribution < 1.29 is 102 Å². The van der Waals surface area contributed by atoms with Gasteiger partial charge in [-0.3, -0.25) is 0 Å². The Bertz CT molecular complexity index is 1570. The second-order valence-corrected chi connectivity index (χ2v) is 12.7. The van der Waals surface area contributed by atoms with Crippen LogP contribution in [0.5, 0.6) is 5.75 Å². The molecule has 0 saturated heterocycles. The number of hydrogen-bond donors (Lipinski definition) is 0. The Morgan fingerprint density at radius 2 is 0.807 bits per heavy atom. The molecule has 3 nitrogen and oxygen atoms in total. The van der Waals surface area contributed by atoms with E-state index in [9.17, 15) is 92.6 Å². The summed E-state index contributed by atoms with van der Waals surface area (Å²) in [6.45, 7) is -1.43. The molecule has 2 rings (SSSR count). The topological polar surface area (TPSA) is 35.5 Å². The molecule has 0 bridgehead atoms. The SMILES string of the molecule is O=C(OCC(F)(F)F)c1ccc(-c2ccc(OCCCCCCCCCCCC(F)(F)C(F)(F)C(F)(F)C(F)(F)C(F)(F)C(F)(F)C(F)(F)C(F)(F)F)cc2)cc1. The molecule has 23 heteroatoms. The summed E-state index contributed by atoms with van der Waals surface area (Å²) in [5, 5.41) is 0. The monoisotopic (exact) mass is 868 g/mol. The first-order chi connectivity index (χ1) is 25.8. The fourth-order valence-electron chi connectivity index (χ4n) is 5.00. The van der Waals surface area contributed by atoms with Gasteiger partial charge in [-0.15, -0.1) is 0 Å². The zero-order valence-corrected chi connectivity index (χ0v) is 28.9. The summed E-state index contributed by atoms with van der Waals surface area (Å²) in [7, 11) is 0. The predicted molar refractivity (Wildman–Crippen MR) is 161 cm³/mol. The predicted octanol–water partition coefficient (Wildman–Crippen LogP) is 13.4. The molecule has 57 heavy (non-hydrogen) atoms. The van der Waals surface area contributed by atoms with Crippen molar-refractivity contribution in [3.8, 4) is 16.9 Å². The maximum absolute atomic E-state index is 14.0. The van der Waals surface area contributed by atoms with Crippen LogP contribution >= 0.6 is 0 Å². The molecule has 0 amide bonds. The van der Waals surface area contributed by atoms with Gasteiger partial charge in [0.1, 0.15) is 5.75 Å². The van der Waals surface area contributed by atoms with Gasteiger partial charge in [0.05, 0.1) is 12.2 Å². The molecule has 0 saturated carbocycles. The lowest BCUT2D eigenvalue weighted by Crippen LogP contribution is -2.74. The zero-order valence-electron chi connectivity index (χ0n) is 28.9. The van der Waals surface area contributed by atoms with Crippen molar-refractivity contribution in [3.05, 3.63) is 54.1 Å². The van der Waals surface area contributed by atoms with Gasteiger partial charge in [0.15, 0.2) is 6.61 Å². The maximum Gasteiger partial charge on any atom is 0.460 e. The molecule has 0 radical (unpaired) electrons. The van der Waals surface area contributed by atoms with Crippen LogP contribution in [-0.2, 0) is 4.74 Å². The van der Waals surface area contributed by atoms with Gasteiger partial charge in [-0.2, -0.15) is 87.8 Å². The first-order valence-electron chi connectivity index (χ1n) is 16.6. The van der Waals surface area contributed by atoms with Crippen molar-refractivity contribution >= 4 is 5.97 Å². The minimum Gasteiger partial charge on any atom is -0.494 e. The summed E-state index contributed by atoms with van der Waals surface area (Å²) < 4.78 is 274. The van der Waals surface area contributed by atoms with Gasteiger partial charge in [-0.05, 0) is 48.2 Å². The average Bonchev–Trinajstić information content (AvgIpc) is 3.10. The van der Waals surface area contributed by atoms with E-state index < -0.39 is 85.6 Å². The van der Waals surface area contributed by atoms with Crippen LogP contribution in [0.15, 0.2) is 48.5 Å². The minimum atomic E-state index is -8.63. The van der Waals surface area contributed by atoms with E-state index in [0.717, 1.165) is 0 Å². The summed E-state index contributed by atoms with van der Waals surface area (Å²) in [6, 6.07) is 12.3. The third kappa shape index (κ3) is 11.1. The number of hydrogen-bond acceptors (Lipinski definition) is 3. The van der Waals surface area contributed by atoms with E-state index >= 15 is 0 Å². The number of carbonyl (C=O) groups is 1. The Hall–Kier alpha value is -3.69. The molecule has 0 aliphatic carbocycles. The standard InChI is InChI=1S/C34H32F20O3/c35-26(36,28(40,41)29(42,43)30(44,45)31(46,47)32(48,49)33(50,51)34(52,53)54)18-8-6-4-2-1-3-5-7-9-19-56-24-16-14-22(15-17-24)21-10-12-23(13-11-21)25(55)57-20-27(37,38)39/h10-17H,1-9,18-20H2. The molecule has 0 aliphatic heterocycles. The van der Waals surface area contributed by atoms with E-state index in [1.165, 1.54) is 24.3 Å². The Labute approximate surface area is 310 Å². The smallest absolute Gasteiger partial charge is 0.460 e. The van der Waals surface area contributed by atoms with E-state index in [2.05, 4.69) is 4.74 Å². The zero-order chi connectivity index (χ0) is 43.9. The van der Waals surface area contributed by atoms with Crippen molar-refractivity contribution in [2.45, 2.75) is 118 Å². The molecule has 0 atom stereocenters. The van der Waals surface area contributed by atoms with Gasteiger partial charge in [-0.1, -0.05) is 69.2 Å². The molecule has 0 unspecified atom stereocenters. The molecule has 0 N–H and O–H groups in total. The number of rotatable bonds is 22. The maximum atomic E-state index is 14.0. The van der Waals surface area contributed by atoms with Gasteiger partial charge < -0.3 is 9.47 Å². The van der Waals surface area contributed by atoms with Crippen LogP contribution in [-0.4, -0.2) is 73.0 Å². The molecular formula is C34H32F20O3. The first-order valence-corrected chi connectivity index (χ1v) is 16.6. The largest absolute Gasteiger partial charge is 0.494 e. The number of benzene rings is 2. The third-order valence-electron chi connectivity index (χ3n) is 8.37. The lowest BCUT2D eigenvalue weighted by molar-refractivity contribution is -0.461. The van der Waals surface area contributed by atoms with E-state index in [0.29, 0.717) is 49.0 Å². The van der Waals surface area contributed by atoms with Crippen LogP contribution in [0.2, 0.25) is 0 Å². The van der Waals surface area contributed by atoms with Gasteiger partial charge in [-0.25, -0.2) is 4.79 Å². The van der Waals surface area contributed by atoms with Crippen LogP contribution in [0.3, 0.4) is 0 Å². The number of halogens is 20. The molecule has 0 spiro atoms. The van der Waals surface area contributed by atoms with Crippen molar-refractivity contribution in [3.63, 3.8) is 0 Å². The minimum absolute atomic E-state index is 0.0111. The van der Waals surface area contributed by atoms with Gasteiger partial charge >= 0.3 is 59.8 Å². The molecule has 0 fully saturated rings. The highest BCUT2D eigenvalue weighted by Crippen LogP contribution is 2.64. The number of alkyl halides is 20. The second kappa shape index (κ2) is 18.1. The summed E-state index contributed by atoms with van der Waals surface area (Å²) in [4.78, 5) is 11.7. The number of esters is 1. The van der Waals surface area contributed by atoms with E-state index in [-0.39, 0.29) is 25.0 Å². The van der Waals surface area contributed by atoms with Crippen LogP contribution in [0.4, 0.5) is 87.8 Å². The Balaban J connectivity index is 1.73. The molecule has 0 aromatic heterocycles. The van der Waals surface area contributed by atoms with E-state index in [4.69, 9.17) is 4.74 Å². The highest BCUT2D eigenvalue weighted by atomic mass is 19.4. The quantitative estimate of drug-likeness (QED) is 0.0672. The summed E-state index contributed by atoms with van der Waals surface area (Å²) in [6.07, 6.45) is -13.3. The fraction of sp³-hybridized carbons (Fsp3) is 0.618. The van der Waals surface area contributed by atoms with Crippen LogP contribution in [0, 0.1) is 0 Å². The number of ether oxygens (including phenoxy) is 2. The molecule has 2 aromatic carbocycles. The Kier molecular flexibility index (Phi) is 15.7. The van der Waals surface area contributed by atoms with Gasteiger partial charge in [0, 0.05) is 6.42 Å². The third-order valence-corrected chi connectivity index (χ3v) is 8.37. The highest BCUT2D eigenvalue weighted by Gasteiger charge is 2.95. The molecule has 2 aromatic rings. The normalized spacial score (nSPS) is 14.2. The number of carbonyl (C=O) groups excluding carboxylic acids is 1. The van der Waals surface area contributed by atoms with E-state index in [1.807, 2.05) is 0 Å². The fourth-order valence-corrected chi connectivity index (χ4v) is 5.00. The summed E-state index contributed by atoms with van der Waals surface area (Å²) in [5.41, 5.74) is 1.26. The lowest BCUT2D eigenvalue weighted by Gasteiger charge is -2.42. The molecule has 0 aliphatic rings. The lowest BCUT2D eigenvalue weighted by atomic mass is 9.87. The summed E-state index contributed by atoms with van der Waals surface area (Å²) >= 11 is 0. The van der Waals surface area contributed by atoms with Crippen molar-refractivity contribution in [2.24, 2.45) is 0 Å². The molecule has 326 valence electrons. The van der Waals surface area contributed by atoms with Gasteiger partial charge in [0.25, 0.3) is 0 Å². The van der Waals surface area contributed by atoms with Gasteiger partial charge in [0.2, 0.25) is 0 Å². The molecule has 0 heterocycles. The Morgan fingerprint density at radius 1 is 0.439 bits per heavy atom. The van der Waals surface area contributed by atoms with E-state index in [1.54, 1.807) is 24.3 Å².